The van der Waals surface area contributed by atoms with Gasteiger partial charge in [0, 0.05) is 11.6 Å². The molecular weight excluding hydrogens is 176 g/mol. The molecule has 1 aliphatic carbocycles. The Hall–Kier alpha value is -1.70. The first-order valence-electron chi connectivity index (χ1n) is 4.51. The van der Waals surface area contributed by atoms with Crippen molar-refractivity contribution in [2.45, 2.75) is 13.3 Å². The molecule has 2 nitrogen and oxygen atoms in total. The highest BCUT2D eigenvalue weighted by Gasteiger charge is 2.17. The molecule has 2 rings (SSSR count). The number of phenolic OH excluding ortho intramolecular Hbond substituents is 2. The van der Waals surface area contributed by atoms with E-state index in [2.05, 4.69) is 6.58 Å². The Morgan fingerprint density at radius 2 is 2.00 bits per heavy atom. The van der Waals surface area contributed by atoms with Gasteiger partial charge in [0.2, 0.25) is 0 Å². The Morgan fingerprint density at radius 3 is 2.71 bits per heavy atom. The molecule has 0 bridgehead atoms. The summed E-state index contributed by atoms with van der Waals surface area (Å²) in [5.74, 6) is 0.208. The lowest BCUT2D eigenvalue weighted by atomic mass is 9.88. The first kappa shape index (κ1) is 8.88. The van der Waals surface area contributed by atoms with Crippen molar-refractivity contribution < 1.29 is 10.2 Å². The summed E-state index contributed by atoms with van der Waals surface area (Å²) in [7, 11) is 0. The maximum absolute atomic E-state index is 9.68. The zero-order chi connectivity index (χ0) is 10.3. The maximum atomic E-state index is 9.68. The van der Waals surface area contributed by atoms with Crippen LogP contribution < -0.4 is 0 Å². The molecule has 2 N–H and O–H groups in total. The van der Waals surface area contributed by atoms with Crippen LogP contribution in [0.25, 0.3) is 5.57 Å². The van der Waals surface area contributed by atoms with Gasteiger partial charge in [0.25, 0.3) is 0 Å². The van der Waals surface area contributed by atoms with Crippen molar-refractivity contribution >= 4 is 5.57 Å². The van der Waals surface area contributed by atoms with Gasteiger partial charge in [-0.05, 0) is 36.1 Å². The third kappa shape index (κ3) is 1.20. The lowest BCUT2D eigenvalue weighted by Gasteiger charge is -2.18. The number of rotatable bonds is 0. The van der Waals surface area contributed by atoms with E-state index in [1.165, 1.54) is 6.07 Å². The summed E-state index contributed by atoms with van der Waals surface area (Å²) in [5.41, 5.74) is 3.61. The van der Waals surface area contributed by atoms with Gasteiger partial charge in [0.05, 0.1) is 0 Å². The molecule has 1 aromatic rings. The van der Waals surface area contributed by atoms with Crippen molar-refractivity contribution in [3.63, 3.8) is 0 Å². The van der Waals surface area contributed by atoms with Crippen LogP contribution >= 0.6 is 0 Å². The monoisotopic (exact) mass is 188 g/mol. The molecule has 72 valence electrons. The minimum absolute atomic E-state index is 0.0991. The smallest absolute Gasteiger partial charge is 0.127 e. The number of hydrogen-bond acceptors (Lipinski definition) is 2. The zero-order valence-corrected chi connectivity index (χ0v) is 8.04. The van der Waals surface area contributed by atoms with E-state index in [0.29, 0.717) is 0 Å². The van der Waals surface area contributed by atoms with Crippen molar-refractivity contribution in [3.05, 3.63) is 41.5 Å². The summed E-state index contributed by atoms with van der Waals surface area (Å²) < 4.78 is 0. The second kappa shape index (κ2) is 2.91. The van der Waals surface area contributed by atoms with Crippen molar-refractivity contribution in [2.24, 2.45) is 0 Å². The third-order valence-electron chi connectivity index (χ3n) is 2.59. The van der Waals surface area contributed by atoms with Gasteiger partial charge in [-0.3, -0.25) is 0 Å². The van der Waals surface area contributed by atoms with Crippen LogP contribution in [0.4, 0.5) is 0 Å². The third-order valence-corrected chi connectivity index (χ3v) is 2.59. The van der Waals surface area contributed by atoms with Crippen LogP contribution in [0.2, 0.25) is 0 Å². The van der Waals surface area contributed by atoms with Crippen molar-refractivity contribution in [1.82, 2.24) is 0 Å². The first-order valence-corrected chi connectivity index (χ1v) is 4.51. The molecule has 0 unspecified atom stereocenters. The van der Waals surface area contributed by atoms with Crippen molar-refractivity contribution in [1.29, 1.82) is 0 Å². The Kier molecular flexibility index (Phi) is 1.84. The summed E-state index contributed by atoms with van der Waals surface area (Å²) in [6.07, 6.45) is 2.78. The second-order valence-corrected chi connectivity index (χ2v) is 3.57. The minimum atomic E-state index is 0.0991. The largest absolute Gasteiger partial charge is 0.508 e. The van der Waals surface area contributed by atoms with E-state index < -0.39 is 0 Å². The highest BCUT2D eigenvalue weighted by Crippen LogP contribution is 2.38. The molecule has 0 atom stereocenters. The first-order chi connectivity index (χ1) is 6.59. The van der Waals surface area contributed by atoms with E-state index in [0.717, 1.165) is 28.7 Å². The Morgan fingerprint density at radius 1 is 1.29 bits per heavy atom. The number of hydrogen-bond donors (Lipinski definition) is 2. The lowest BCUT2D eigenvalue weighted by Crippen LogP contribution is -1.99. The predicted octanol–water partition coefficient (Wildman–Crippen LogP) is 2.61. The summed E-state index contributed by atoms with van der Waals surface area (Å²) in [5, 5.41) is 19.0. The van der Waals surface area contributed by atoms with Crippen LogP contribution in [-0.2, 0) is 6.42 Å². The van der Waals surface area contributed by atoms with Gasteiger partial charge >= 0.3 is 0 Å². The van der Waals surface area contributed by atoms with Gasteiger partial charge < -0.3 is 10.2 Å². The van der Waals surface area contributed by atoms with E-state index in [1.807, 2.05) is 13.0 Å². The van der Waals surface area contributed by atoms with E-state index in [9.17, 15) is 10.2 Å². The Labute approximate surface area is 82.8 Å². The average molecular weight is 188 g/mol. The molecule has 14 heavy (non-hydrogen) atoms. The molecule has 1 aromatic carbocycles. The van der Waals surface area contributed by atoms with Crippen LogP contribution in [0.1, 0.15) is 18.1 Å². The molecule has 0 radical (unpaired) electrons. The second-order valence-electron chi connectivity index (χ2n) is 3.57. The molecule has 1 aliphatic rings. The van der Waals surface area contributed by atoms with E-state index in [1.54, 1.807) is 6.07 Å². The normalized spacial score (nSPS) is 14.9. The van der Waals surface area contributed by atoms with Crippen molar-refractivity contribution in [3.8, 4) is 11.5 Å². The fraction of sp³-hybridized carbons (Fsp3) is 0.167. The minimum Gasteiger partial charge on any atom is -0.508 e. The molecule has 0 spiro atoms. The summed E-state index contributed by atoms with van der Waals surface area (Å²) in [4.78, 5) is 0. The molecule has 0 saturated heterocycles. The molecular formula is C12H12O2. The average Bonchev–Trinajstić information content (AvgIpc) is 2.10. The predicted molar refractivity (Wildman–Crippen MR) is 56.3 cm³/mol. The molecule has 0 heterocycles. The van der Waals surface area contributed by atoms with Crippen LogP contribution in [0, 0.1) is 0 Å². The van der Waals surface area contributed by atoms with Crippen LogP contribution in [0.5, 0.6) is 11.5 Å². The number of benzene rings is 1. The highest BCUT2D eigenvalue weighted by atomic mass is 16.3. The molecule has 0 fully saturated rings. The van der Waals surface area contributed by atoms with Gasteiger partial charge in [-0.2, -0.15) is 0 Å². The van der Waals surface area contributed by atoms with Crippen molar-refractivity contribution in [2.75, 3.05) is 0 Å². The van der Waals surface area contributed by atoms with Gasteiger partial charge in [-0.1, -0.05) is 12.7 Å². The van der Waals surface area contributed by atoms with E-state index in [-0.39, 0.29) is 11.5 Å². The zero-order valence-electron chi connectivity index (χ0n) is 8.04. The number of allylic oxidation sites excluding steroid dienone is 3. The Bertz CT molecular complexity index is 442. The molecule has 0 amide bonds. The van der Waals surface area contributed by atoms with Crippen LogP contribution in [0.3, 0.4) is 0 Å². The molecule has 0 aliphatic heterocycles. The molecule has 0 aromatic heterocycles. The SMILES string of the molecule is C=C1C(C)=CCc2cc(O)cc(O)c21. The number of aromatic hydroxyl groups is 2. The molecule has 0 saturated carbocycles. The van der Waals surface area contributed by atoms with Gasteiger partial charge in [-0.15, -0.1) is 0 Å². The van der Waals surface area contributed by atoms with Gasteiger partial charge in [0.15, 0.2) is 0 Å². The van der Waals surface area contributed by atoms with Crippen LogP contribution in [-0.4, -0.2) is 10.2 Å². The lowest BCUT2D eigenvalue weighted by molar-refractivity contribution is 0.448. The maximum Gasteiger partial charge on any atom is 0.127 e. The van der Waals surface area contributed by atoms with E-state index in [4.69, 9.17) is 0 Å². The fourth-order valence-corrected chi connectivity index (χ4v) is 1.76. The molecule has 2 heteroatoms. The summed E-state index contributed by atoms with van der Waals surface area (Å²) in [6.45, 7) is 5.89. The standard InChI is InChI=1S/C12H12O2/c1-7-3-4-9-5-10(13)6-11(14)12(9)8(7)2/h3,5-6,13-14H,2,4H2,1H3. The number of phenols is 2. The van der Waals surface area contributed by atoms with Gasteiger partial charge in [0.1, 0.15) is 11.5 Å². The van der Waals surface area contributed by atoms with Gasteiger partial charge in [-0.25, -0.2) is 0 Å². The summed E-state index contributed by atoms with van der Waals surface area (Å²) >= 11 is 0. The summed E-state index contributed by atoms with van der Waals surface area (Å²) in [6, 6.07) is 3.02. The number of fused-ring (bicyclic) bond motifs is 1. The Balaban J connectivity index is 2.66. The highest BCUT2D eigenvalue weighted by molar-refractivity contribution is 5.84. The fourth-order valence-electron chi connectivity index (χ4n) is 1.76. The topological polar surface area (TPSA) is 40.5 Å². The quantitative estimate of drug-likeness (QED) is 0.657. The van der Waals surface area contributed by atoms with E-state index >= 15 is 0 Å². The van der Waals surface area contributed by atoms with Crippen LogP contribution in [0.15, 0.2) is 30.4 Å².